The summed E-state index contributed by atoms with van der Waals surface area (Å²) in [6.07, 6.45) is 0.648. The zero-order valence-electron chi connectivity index (χ0n) is 19.1. The van der Waals surface area contributed by atoms with Crippen molar-refractivity contribution in [2.24, 2.45) is 0 Å². The van der Waals surface area contributed by atoms with Crippen molar-refractivity contribution in [3.05, 3.63) is 39.8 Å². The molecule has 0 saturated heterocycles. The Morgan fingerprint density at radius 3 is 2.48 bits per heavy atom. The predicted molar refractivity (Wildman–Crippen MR) is 122 cm³/mol. The van der Waals surface area contributed by atoms with Crippen molar-refractivity contribution in [3.8, 4) is 11.5 Å². The Labute approximate surface area is 187 Å². The van der Waals surface area contributed by atoms with Crippen molar-refractivity contribution in [3.63, 3.8) is 0 Å². The normalized spacial score (nSPS) is 16.2. The third-order valence-corrected chi connectivity index (χ3v) is 6.67. The number of carbonyl (C=O) groups is 2. The maximum absolute atomic E-state index is 13.2. The number of amides is 1. The van der Waals surface area contributed by atoms with Crippen molar-refractivity contribution < 1.29 is 23.8 Å². The van der Waals surface area contributed by atoms with E-state index in [9.17, 15) is 9.59 Å². The number of nitrogens with one attached hydrogen (secondary N) is 2. The molecule has 3 rings (SSSR count). The summed E-state index contributed by atoms with van der Waals surface area (Å²) in [6, 6.07) is 5.10. The largest absolute Gasteiger partial charge is 0.493 e. The maximum atomic E-state index is 13.2. The second kappa shape index (κ2) is 8.51. The highest BCUT2D eigenvalue weighted by molar-refractivity contribution is 7.17. The SMILES string of the molecule is CCOC(=O)c1c(NC(=O)c2cccc(OC)c2OC)sc2c1CC(C)(C)NC2(C)C. The van der Waals surface area contributed by atoms with Gasteiger partial charge in [0.2, 0.25) is 0 Å². The number of para-hydroxylation sites is 1. The zero-order chi connectivity index (χ0) is 23.0. The molecular weight excluding hydrogens is 416 g/mol. The molecule has 0 bridgehead atoms. The van der Waals surface area contributed by atoms with E-state index in [1.54, 1.807) is 25.1 Å². The number of methoxy groups -OCH3 is 2. The fraction of sp³-hybridized carbons (Fsp3) is 0.478. The van der Waals surface area contributed by atoms with Gasteiger partial charge in [0.1, 0.15) is 5.00 Å². The molecule has 0 fully saturated rings. The molecule has 0 saturated carbocycles. The number of hydrogen-bond donors (Lipinski definition) is 2. The quantitative estimate of drug-likeness (QED) is 0.642. The third kappa shape index (κ3) is 4.41. The summed E-state index contributed by atoms with van der Waals surface area (Å²) in [6.45, 7) is 10.4. The van der Waals surface area contributed by atoms with Crippen LogP contribution in [-0.2, 0) is 16.7 Å². The van der Waals surface area contributed by atoms with Crippen LogP contribution in [0.3, 0.4) is 0 Å². The topological polar surface area (TPSA) is 85.9 Å². The van der Waals surface area contributed by atoms with Gasteiger partial charge in [-0.15, -0.1) is 11.3 Å². The molecule has 1 aliphatic rings. The summed E-state index contributed by atoms with van der Waals surface area (Å²) in [7, 11) is 3.00. The Bertz CT molecular complexity index is 1010. The molecule has 8 heteroatoms. The minimum Gasteiger partial charge on any atom is -0.493 e. The van der Waals surface area contributed by atoms with Crippen LogP contribution in [0.25, 0.3) is 0 Å². The number of rotatable bonds is 6. The molecule has 1 aromatic carbocycles. The molecule has 0 aliphatic carbocycles. The Balaban J connectivity index is 2.09. The molecule has 7 nitrogen and oxygen atoms in total. The van der Waals surface area contributed by atoms with Gasteiger partial charge in [0.05, 0.1) is 32.0 Å². The molecule has 1 aliphatic heterocycles. The second-order valence-electron chi connectivity index (χ2n) is 8.64. The van der Waals surface area contributed by atoms with Crippen molar-refractivity contribution in [2.75, 3.05) is 26.1 Å². The van der Waals surface area contributed by atoms with Crippen LogP contribution in [0, 0.1) is 0 Å². The Morgan fingerprint density at radius 2 is 1.87 bits per heavy atom. The number of carbonyl (C=O) groups excluding carboxylic acids is 2. The first-order valence-corrected chi connectivity index (χ1v) is 11.0. The number of esters is 1. The highest BCUT2D eigenvalue weighted by Crippen LogP contribution is 2.45. The molecule has 0 spiro atoms. The summed E-state index contributed by atoms with van der Waals surface area (Å²) < 4.78 is 16.1. The number of benzene rings is 1. The van der Waals surface area contributed by atoms with E-state index < -0.39 is 5.97 Å². The van der Waals surface area contributed by atoms with Gasteiger partial charge in [0.15, 0.2) is 11.5 Å². The third-order valence-electron chi connectivity index (χ3n) is 5.20. The standard InChI is InChI=1S/C23H30N2O5S/c1-8-30-21(27)16-14-12-22(2,3)25-23(4,5)18(14)31-20(16)24-19(26)13-10-9-11-15(28-6)17(13)29-7/h9-11,25H,8,12H2,1-7H3,(H,24,26). The van der Waals surface area contributed by atoms with Gasteiger partial charge < -0.3 is 24.8 Å². The first-order chi connectivity index (χ1) is 14.5. The zero-order valence-corrected chi connectivity index (χ0v) is 19.9. The number of ether oxygens (including phenoxy) is 3. The molecular formula is C23H30N2O5S. The average molecular weight is 447 g/mol. The van der Waals surface area contributed by atoms with Crippen LogP contribution in [-0.4, -0.2) is 38.2 Å². The number of anilines is 1. The first-order valence-electron chi connectivity index (χ1n) is 10.2. The lowest BCUT2D eigenvalue weighted by Gasteiger charge is -2.42. The molecule has 2 heterocycles. The summed E-state index contributed by atoms with van der Waals surface area (Å²) in [5.74, 6) is -0.0192. The van der Waals surface area contributed by atoms with E-state index in [1.165, 1.54) is 25.6 Å². The Morgan fingerprint density at radius 1 is 1.16 bits per heavy atom. The van der Waals surface area contributed by atoms with E-state index in [0.29, 0.717) is 34.0 Å². The fourth-order valence-corrected chi connectivity index (χ4v) is 5.53. The molecule has 2 N–H and O–H groups in total. The van der Waals surface area contributed by atoms with E-state index in [1.807, 2.05) is 0 Å². The minimum absolute atomic E-state index is 0.212. The monoisotopic (exact) mass is 446 g/mol. The van der Waals surface area contributed by atoms with E-state index in [2.05, 4.69) is 38.3 Å². The predicted octanol–water partition coefficient (Wildman–Crippen LogP) is 4.35. The number of hydrogen-bond acceptors (Lipinski definition) is 7. The lowest BCUT2D eigenvalue weighted by Crippen LogP contribution is -2.55. The van der Waals surface area contributed by atoms with E-state index >= 15 is 0 Å². The second-order valence-corrected chi connectivity index (χ2v) is 9.66. The van der Waals surface area contributed by atoms with Gasteiger partial charge in [-0.25, -0.2) is 4.79 Å². The molecule has 0 unspecified atom stereocenters. The molecule has 1 amide bonds. The molecule has 31 heavy (non-hydrogen) atoms. The van der Waals surface area contributed by atoms with E-state index in [0.717, 1.165) is 10.4 Å². The number of fused-ring (bicyclic) bond motifs is 1. The average Bonchev–Trinajstić information content (AvgIpc) is 3.04. The summed E-state index contributed by atoms with van der Waals surface area (Å²) in [4.78, 5) is 27.1. The Hall–Kier alpha value is -2.58. The van der Waals surface area contributed by atoms with Gasteiger partial charge in [-0.3, -0.25) is 4.79 Å². The van der Waals surface area contributed by atoms with E-state index in [-0.39, 0.29) is 23.6 Å². The summed E-state index contributed by atoms with van der Waals surface area (Å²) in [5.41, 5.74) is 1.10. The first kappa shape index (κ1) is 23.1. The minimum atomic E-state index is -0.429. The van der Waals surface area contributed by atoms with Gasteiger partial charge in [-0.2, -0.15) is 0 Å². The highest BCUT2D eigenvalue weighted by atomic mass is 32.1. The lowest BCUT2D eigenvalue weighted by molar-refractivity contribution is 0.0525. The van der Waals surface area contributed by atoms with Crippen molar-refractivity contribution in [2.45, 2.75) is 52.1 Å². The van der Waals surface area contributed by atoms with Crippen molar-refractivity contribution in [1.82, 2.24) is 5.32 Å². The molecule has 0 radical (unpaired) electrons. The van der Waals surface area contributed by atoms with Crippen LogP contribution < -0.4 is 20.1 Å². The van der Waals surface area contributed by atoms with Gasteiger partial charge in [-0.05, 0) is 58.7 Å². The van der Waals surface area contributed by atoms with Crippen LogP contribution >= 0.6 is 11.3 Å². The van der Waals surface area contributed by atoms with Crippen molar-refractivity contribution >= 4 is 28.2 Å². The molecule has 1 aromatic heterocycles. The van der Waals surface area contributed by atoms with Gasteiger partial charge >= 0.3 is 5.97 Å². The van der Waals surface area contributed by atoms with Gasteiger partial charge in [0.25, 0.3) is 5.91 Å². The highest BCUT2D eigenvalue weighted by Gasteiger charge is 2.42. The van der Waals surface area contributed by atoms with Crippen molar-refractivity contribution in [1.29, 1.82) is 0 Å². The van der Waals surface area contributed by atoms with Gasteiger partial charge in [0, 0.05) is 16.0 Å². The van der Waals surface area contributed by atoms with Crippen LogP contribution in [0.4, 0.5) is 5.00 Å². The van der Waals surface area contributed by atoms with Crippen LogP contribution in [0.5, 0.6) is 11.5 Å². The number of thiophene rings is 1. The maximum Gasteiger partial charge on any atom is 0.341 e. The van der Waals surface area contributed by atoms with Crippen LogP contribution in [0.1, 0.15) is 65.8 Å². The summed E-state index contributed by atoms with van der Waals surface area (Å²) in [5, 5.41) is 7.03. The smallest absolute Gasteiger partial charge is 0.341 e. The van der Waals surface area contributed by atoms with Crippen LogP contribution in [0.2, 0.25) is 0 Å². The molecule has 0 atom stereocenters. The fourth-order valence-electron chi connectivity index (χ4n) is 4.27. The van der Waals surface area contributed by atoms with Crippen LogP contribution in [0.15, 0.2) is 18.2 Å². The summed E-state index contributed by atoms with van der Waals surface area (Å²) >= 11 is 1.40. The Kier molecular flexibility index (Phi) is 6.34. The molecule has 168 valence electrons. The van der Waals surface area contributed by atoms with E-state index in [4.69, 9.17) is 14.2 Å². The van der Waals surface area contributed by atoms with Gasteiger partial charge in [-0.1, -0.05) is 6.07 Å². The molecule has 2 aromatic rings. The lowest BCUT2D eigenvalue weighted by atomic mass is 9.81.